The average Bonchev–Trinajstić information content (AvgIpc) is 2.65. The molecule has 102 valence electrons. The SMILES string of the molecule is COc1c(C(O)c2cc(C)ccc2F)c(C)nn1C. The summed E-state index contributed by atoms with van der Waals surface area (Å²) in [4.78, 5) is 0. The average molecular weight is 264 g/mol. The minimum Gasteiger partial charge on any atom is -0.481 e. The highest BCUT2D eigenvalue weighted by atomic mass is 19.1. The largest absolute Gasteiger partial charge is 0.481 e. The van der Waals surface area contributed by atoms with Crippen LogP contribution in [0.15, 0.2) is 18.2 Å². The lowest BCUT2D eigenvalue weighted by atomic mass is 9.99. The summed E-state index contributed by atoms with van der Waals surface area (Å²) >= 11 is 0. The van der Waals surface area contributed by atoms with E-state index in [-0.39, 0.29) is 5.56 Å². The third-order valence-electron chi connectivity index (χ3n) is 3.13. The molecule has 2 rings (SSSR count). The highest BCUT2D eigenvalue weighted by Gasteiger charge is 2.25. The van der Waals surface area contributed by atoms with Gasteiger partial charge in [-0.05, 0) is 19.9 Å². The Bertz CT molecular complexity index is 608. The molecule has 1 unspecified atom stereocenters. The number of methoxy groups -OCH3 is 1. The van der Waals surface area contributed by atoms with Crippen LogP contribution in [-0.4, -0.2) is 22.0 Å². The zero-order valence-electron chi connectivity index (χ0n) is 11.4. The van der Waals surface area contributed by atoms with Crippen molar-refractivity contribution in [1.29, 1.82) is 0 Å². The lowest BCUT2D eigenvalue weighted by Gasteiger charge is -2.14. The fourth-order valence-corrected chi connectivity index (χ4v) is 2.24. The summed E-state index contributed by atoms with van der Waals surface area (Å²) < 4.78 is 20.6. The lowest BCUT2D eigenvalue weighted by molar-refractivity contribution is 0.208. The molecule has 1 N–H and O–H groups in total. The molecular formula is C14H17FN2O2. The Morgan fingerprint density at radius 1 is 1.37 bits per heavy atom. The first-order valence-corrected chi connectivity index (χ1v) is 5.97. The number of ether oxygens (including phenoxy) is 1. The molecule has 0 aliphatic rings. The van der Waals surface area contributed by atoms with E-state index in [9.17, 15) is 9.50 Å². The standard InChI is InChI=1S/C14H17FN2O2/c1-8-5-6-11(15)10(7-8)13(18)12-9(2)16-17(3)14(12)19-4/h5-7,13,18H,1-4H3. The van der Waals surface area contributed by atoms with Crippen molar-refractivity contribution >= 4 is 0 Å². The first-order valence-electron chi connectivity index (χ1n) is 5.97. The molecule has 0 saturated carbocycles. The summed E-state index contributed by atoms with van der Waals surface area (Å²) in [6.07, 6.45) is -1.09. The van der Waals surface area contributed by atoms with Crippen LogP contribution in [0.2, 0.25) is 0 Å². The molecule has 19 heavy (non-hydrogen) atoms. The van der Waals surface area contributed by atoms with E-state index in [1.807, 2.05) is 6.92 Å². The molecule has 1 aromatic carbocycles. The fourth-order valence-electron chi connectivity index (χ4n) is 2.24. The van der Waals surface area contributed by atoms with Crippen molar-refractivity contribution in [3.63, 3.8) is 0 Å². The van der Waals surface area contributed by atoms with Crippen molar-refractivity contribution < 1.29 is 14.2 Å². The number of rotatable bonds is 3. The number of aromatic nitrogens is 2. The number of nitrogens with zero attached hydrogens (tertiary/aromatic N) is 2. The van der Waals surface area contributed by atoms with Crippen molar-refractivity contribution in [2.75, 3.05) is 7.11 Å². The maximum Gasteiger partial charge on any atom is 0.217 e. The molecule has 0 saturated heterocycles. The van der Waals surface area contributed by atoms with Crippen LogP contribution < -0.4 is 4.74 Å². The van der Waals surface area contributed by atoms with Crippen molar-refractivity contribution in [3.8, 4) is 5.88 Å². The Labute approximate surface area is 111 Å². The number of benzene rings is 1. The van der Waals surface area contributed by atoms with Gasteiger partial charge in [0, 0.05) is 12.6 Å². The first-order chi connectivity index (χ1) is 8.95. The fraction of sp³-hybridized carbons (Fsp3) is 0.357. The normalized spacial score (nSPS) is 12.5. The topological polar surface area (TPSA) is 47.3 Å². The van der Waals surface area contributed by atoms with E-state index in [0.717, 1.165) is 5.56 Å². The lowest BCUT2D eigenvalue weighted by Crippen LogP contribution is -2.06. The van der Waals surface area contributed by atoms with Gasteiger partial charge in [0.25, 0.3) is 0 Å². The van der Waals surface area contributed by atoms with Crippen LogP contribution in [0.5, 0.6) is 5.88 Å². The molecule has 2 aromatic rings. The third-order valence-corrected chi connectivity index (χ3v) is 3.13. The number of hydrogen-bond acceptors (Lipinski definition) is 3. The van der Waals surface area contributed by atoms with E-state index < -0.39 is 11.9 Å². The van der Waals surface area contributed by atoms with E-state index >= 15 is 0 Å². The van der Waals surface area contributed by atoms with Gasteiger partial charge in [-0.2, -0.15) is 5.10 Å². The highest BCUT2D eigenvalue weighted by molar-refractivity contribution is 5.40. The summed E-state index contributed by atoms with van der Waals surface area (Å²) in [5, 5.41) is 14.6. The Balaban J connectivity index is 2.55. The summed E-state index contributed by atoms with van der Waals surface area (Å²) in [7, 11) is 3.22. The zero-order chi connectivity index (χ0) is 14.2. The first kappa shape index (κ1) is 13.5. The smallest absolute Gasteiger partial charge is 0.217 e. The molecule has 0 aliphatic heterocycles. The van der Waals surface area contributed by atoms with Crippen molar-refractivity contribution in [3.05, 3.63) is 46.4 Å². The Morgan fingerprint density at radius 2 is 2.05 bits per heavy atom. The number of aliphatic hydroxyl groups is 1. The van der Waals surface area contributed by atoms with E-state index in [0.29, 0.717) is 17.1 Å². The van der Waals surface area contributed by atoms with E-state index in [1.54, 1.807) is 26.1 Å². The van der Waals surface area contributed by atoms with E-state index in [4.69, 9.17) is 4.74 Å². The predicted molar refractivity (Wildman–Crippen MR) is 69.7 cm³/mol. The third kappa shape index (κ3) is 2.33. The van der Waals surface area contributed by atoms with Crippen molar-refractivity contribution in [2.45, 2.75) is 20.0 Å². The van der Waals surface area contributed by atoms with Gasteiger partial charge >= 0.3 is 0 Å². The number of aryl methyl sites for hydroxylation is 3. The molecule has 0 radical (unpaired) electrons. The van der Waals surface area contributed by atoms with Crippen LogP contribution in [0.25, 0.3) is 0 Å². The minimum atomic E-state index is -1.09. The second kappa shape index (κ2) is 5.01. The summed E-state index contributed by atoms with van der Waals surface area (Å²) in [5.74, 6) is -0.00527. The maximum atomic E-state index is 13.9. The van der Waals surface area contributed by atoms with Crippen LogP contribution in [0.3, 0.4) is 0 Å². The molecule has 5 heteroatoms. The van der Waals surface area contributed by atoms with Gasteiger partial charge in [0.05, 0.1) is 18.4 Å². The van der Waals surface area contributed by atoms with E-state index in [2.05, 4.69) is 5.10 Å². The zero-order valence-corrected chi connectivity index (χ0v) is 11.4. The Hall–Kier alpha value is -1.88. The van der Waals surface area contributed by atoms with Gasteiger partial charge in [-0.3, -0.25) is 0 Å². The molecular weight excluding hydrogens is 247 g/mol. The van der Waals surface area contributed by atoms with Gasteiger partial charge in [0.1, 0.15) is 11.9 Å². The van der Waals surface area contributed by atoms with Gasteiger partial charge in [-0.15, -0.1) is 0 Å². The quantitative estimate of drug-likeness (QED) is 0.925. The Kier molecular flexibility index (Phi) is 3.57. The minimum absolute atomic E-state index is 0.231. The molecule has 0 bridgehead atoms. The summed E-state index contributed by atoms with van der Waals surface area (Å²) in [5.41, 5.74) is 2.23. The summed E-state index contributed by atoms with van der Waals surface area (Å²) in [6.45, 7) is 3.61. The Morgan fingerprint density at radius 3 is 2.68 bits per heavy atom. The number of halogens is 1. The predicted octanol–water partition coefficient (Wildman–Crippen LogP) is 2.27. The molecule has 0 spiro atoms. The molecule has 1 atom stereocenters. The van der Waals surface area contributed by atoms with Gasteiger partial charge < -0.3 is 9.84 Å². The second-order valence-electron chi connectivity index (χ2n) is 4.56. The van der Waals surface area contributed by atoms with Gasteiger partial charge in [0.2, 0.25) is 5.88 Å². The molecule has 1 heterocycles. The molecule has 4 nitrogen and oxygen atoms in total. The number of hydrogen-bond donors (Lipinski definition) is 1. The molecule has 0 aliphatic carbocycles. The molecule has 1 aromatic heterocycles. The maximum absolute atomic E-state index is 13.9. The van der Waals surface area contributed by atoms with Crippen molar-refractivity contribution in [1.82, 2.24) is 9.78 Å². The van der Waals surface area contributed by atoms with Gasteiger partial charge in [-0.1, -0.05) is 17.7 Å². The van der Waals surface area contributed by atoms with Crippen molar-refractivity contribution in [2.24, 2.45) is 7.05 Å². The monoisotopic (exact) mass is 264 g/mol. The molecule has 0 amide bonds. The van der Waals surface area contributed by atoms with E-state index in [1.165, 1.54) is 17.9 Å². The number of aliphatic hydroxyl groups excluding tert-OH is 1. The van der Waals surface area contributed by atoms with Crippen LogP contribution in [0.1, 0.15) is 28.5 Å². The molecule has 0 fully saturated rings. The summed E-state index contributed by atoms with van der Waals surface area (Å²) in [6, 6.07) is 4.65. The van der Waals surface area contributed by atoms with Crippen LogP contribution in [-0.2, 0) is 7.05 Å². The van der Waals surface area contributed by atoms with Crippen LogP contribution in [0, 0.1) is 19.7 Å². The van der Waals surface area contributed by atoms with Gasteiger partial charge in [0.15, 0.2) is 0 Å². The second-order valence-corrected chi connectivity index (χ2v) is 4.56. The van der Waals surface area contributed by atoms with Gasteiger partial charge in [-0.25, -0.2) is 9.07 Å². The van der Waals surface area contributed by atoms with Crippen LogP contribution >= 0.6 is 0 Å². The van der Waals surface area contributed by atoms with Crippen LogP contribution in [0.4, 0.5) is 4.39 Å². The highest BCUT2D eigenvalue weighted by Crippen LogP contribution is 2.33.